The summed E-state index contributed by atoms with van der Waals surface area (Å²) in [7, 11) is 0. The Morgan fingerprint density at radius 3 is 3.27 bits per heavy atom. The summed E-state index contributed by atoms with van der Waals surface area (Å²) < 4.78 is 0. The maximum absolute atomic E-state index is 5.83. The third kappa shape index (κ3) is 1.03. The SMILES string of the molecule is CC1=NC2NC=NC2C(Cl)=N1. The zero-order valence-corrected chi connectivity index (χ0v) is 6.71. The van der Waals surface area contributed by atoms with Gasteiger partial charge in [-0.25, -0.2) is 9.98 Å². The molecule has 5 heteroatoms. The molecular weight excluding hydrogens is 164 g/mol. The molecule has 1 N–H and O–H groups in total. The molecule has 2 aliphatic rings. The third-order valence-electron chi connectivity index (χ3n) is 1.62. The van der Waals surface area contributed by atoms with Crippen molar-refractivity contribution in [2.75, 3.05) is 0 Å². The molecule has 0 bridgehead atoms. The lowest BCUT2D eigenvalue weighted by Crippen LogP contribution is -2.36. The normalized spacial score (nSPS) is 34.0. The molecule has 2 unspecified atom stereocenters. The summed E-state index contributed by atoms with van der Waals surface area (Å²) in [6.45, 7) is 1.82. The first-order chi connectivity index (χ1) is 5.27. The van der Waals surface area contributed by atoms with Crippen molar-refractivity contribution >= 4 is 28.9 Å². The van der Waals surface area contributed by atoms with Gasteiger partial charge < -0.3 is 5.32 Å². The number of nitrogens with zero attached hydrogens (tertiary/aromatic N) is 3. The van der Waals surface area contributed by atoms with Gasteiger partial charge in [-0.15, -0.1) is 0 Å². The molecule has 2 rings (SSSR count). The van der Waals surface area contributed by atoms with Crippen molar-refractivity contribution in [3.05, 3.63) is 0 Å². The first-order valence-corrected chi connectivity index (χ1v) is 3.71. The molecule has 4 nitrogen and oxygen atoms in total. The number of amidine groups is 1. The number of nitrogens with one attached hydrogen (secondary N) is 1. The summed E-state index contributed by atoms with van der Waals surface area (Å²) in [5.74, 6) is 0.703. The van der Waals surface area contributed by atoms with Crippen LogP contribution in [0.1, 0.15) is 6.92 Å². The van der Waals surface area contributed by atoms with E-state index in [1.54, 1.807) is 6.34 Å². The predicted molar refractivity (Wildman–Crippen MR) is 45.6 cm³/mol. The molecule has 0 spiro atoms. The van der Waals surface area contributed by atoms with Gasteiger partial charge in [-0.2, -0.15) is 0 Å². The van der Waals surface area contributed by atoms with E-state index in [2.05, 4.69) is 20.3 Å². The van der Waals surface area contributed by atoms with Crippen LogP contribution in [0.25, 0.3) is 0 Å². The molecule has 0 aliphatic carbocycles. The molecule has 11 heavy (non-hydrogen) atoms. The van der Waals surface area contributed by atoms with Crippen molar-refractivity contribution in [3.63, 3.8) is 0 Å². The van der Waals surface area contributed by atoms with Gasteiger partial charge >= 0.3 is 0 Å². The summed E-state index contributed by atoms with van der Waals surface area (Å²) in [4.78, 5) is 12.3. The van der Waals surface area contributed by atoms with Crippen molar-refractivity contribution in [1.29, 1.82) is 0 Å². The number of halogens is 1. The predicted octanol–water partition coefficient (Wildman–Crippen LogP) is 0.382. The van der Waals surface area contributed by atoms with Crippen molar-refractivity contribution in [2.24, 2.45) is 15.0 Å². The Labute approximate surface area is 69.1 Å². The lowest BCUT2D eigenvalue weighted by atomic mass is 10.2. The largest absolute Gasteiger partial charge is 0.353 e. The Morgan fingerprint density at radius 2 is 2.45 bits per heavy atom. The molecule has 58 valence electrons. The number of hydrogen-bond donors (Lipinski definition) is 1. The van der Waals surface area contributed by atoms with Gasteiger partial charge in [-0.05, 0) is 6.92 Å². The van der Waals surface area contributed by atoms with Crippen LogP contribution in [0.4, 0.5) is 0 Å². The fraction of sp³-hybridized carbons (Fsp3) is 0.500. The molecule has 2 aliphatic heterocycles. The van der Waals surface area contributed by atoms with E-state index in [1.165, 1.54) is 0 Å². The fourth-order valence-corrected chi connectivity index (χ4v) is 1.42. The van der Waals surface area contributed by atoms with Gasteiger partial charge in [0.2, 0.25) is 0 Å². The molecule has 0 aromatic carbocycles. The number of aliphatic imine (C=N–C) groups is 3. The zero-order chi connectivity index (χ0) is 7.84. The minimum atomic E-state index is -0.0969. The van der Waals surface area contributed by atoms with E-state index in [1.807, 2.05) is 6.92 Å². The molecule has 0 aromatic rings. The number of hydrogen-bond acceptors (Lipinski definition) is 4. The van der Waals surface area contributed by atoms with E-state index in [0.717, 1.165) is 0 Å². The lowest BCUT2D eigenvalue weighted by molar-refractivity contribution is 0.635. The summed E-state index contributed by atoms with van der Waals surface area (Å²) in [6, 6.07) is -0.0969. The summed E-state index contributed by atoms with van der Waals surface area (Å²) in [5, 5.41) is 3.49. The van der Waals surface area contributed by atoms with Crippen LogP contribution in [0.5, 0.6) is 0 Å². The van der Waals surface area contributed by atoms with Gasteiger partial charge in [0.15, 0.2) is 6.17 Å². The van der Waals surface area contributed by atoms with Gasteiger partial charge in [-0.1, -0.05) is 11.6 Å². The van der Waals surface area contributed by atoms with Gasteiger partial charge in [-0.3, -0.25) is 4.99 Å². The van der Waals surface area contributed by atoms with E-state index >= 15 is 0 Å². The van der Waals surface area contributed by atoms with Crippen molar-refractivity contribution in [3.8, 4) is 0 Å². The van der Waals surface area contributed by atoms with Crippen molar-refractivity contribution < 1.29 is 0 Å². The standard InChI is InChI=1S/C6H7ClN4/c1-3-10-5(7)4-6(11-3)9-2-8-4/h2,4,6H,1H3,(H,8,9). The Morgan fingerprint density at radius 1 is 1.64 bits per heavy atom. The Balaban J connectivity index is 2.33. The minimum Gasteiger partial charge on any atom is -0.353 e. The van der Waals surface area contributed by atoms with Crippen LogP contribution in [-0.2, 0) is 0 Å². The highest BCUT2D eigenvalue weighted by Gasteiger charge is 2.30. The minimum absolute atomic E-state index is 0.0278. The topological polar surface area (TPSA) is 49.1 Å². The molecule has 0 saturated heterocycles. The van der Waals surface area contributed by atoms with E-state index in [-0.39, 0.29) is 12.2 Å². The average Bonchev–Trinajstić information content (AvgIpc) is 2.34. The van der Waals surface area contributed by atoms with Gasteiger partial charge in [0, 0.05) is 0 Å². The lowest BCUT2D eigenvalue weighted by Gasteiger charge is -2.17. The highest BCUT2D eigenvalue weighted by molar-refractivity contribution is 6.67. The smallest absolute Gasteiger partial charge is 0.150 e. The Bertz CT molecular complexity index is 268. The molecule has 0 amide bonds. The second kappa shape index (κ2) is 2.30. The van der Waals surface area contributed by atoms with Gasteiger partial charge in [0.1, 0.15) is 17.0 Å². The molecular formula is C6H7ClN4. The van der Waals surface area contributed by atoms with Crippen molar-refractivity contribution in [2.45, 2.75) is 19.1 Å². The van der Waals surface area contributed by atoms with Crippen LogP contribution < -0.4 is 5.32 Å². The molecule has 0 saturated carbocycles. The molecule has 0 fully saturated rings. The fourth-order valence-electron chi connectivity index (χ4n) is 1.12. The second-order valence-corrected chi connectivity index (χ2v) is 2.83. The number of fused-ring (bicyclic) bond motifs is 1. The van der Waals surface area contributed by atoms with Crippen LogP contribution in [0.15, 0.2) is 15.0 Å². The average molecular weight is 171 g/mol. The zero-order valence-electron chi connectivity index (χ0n) is 5.95. The van der Waals surface area contributed by atoms with Crippen LogP contribution in [0, 0.1) is 0 Å². The van der Waals surface area contributed by atoms with E-state index in [9.17, 15) is 0 Å². The Kier molecular flexibility index (Phi) is 1.42. The first kappa shape index (κ1) is 6.79. The summed E-state index contributed by atoms with van der Waals surface area (Å²) >= 11 is 5.83. The van der Waals surface area contributed by atoms with Crippen molar-refractivity contribution in [1.82, 2.24) is 5.32 Å². The summed E-state index contributed by atoms with van der Waals surface area (Å²) in [5.41, 5.74) is 0. The monoisotopic (exact) mass is 170 g/mol. The maximum Gasteiger partial charge on any atom is 0.150 e. The van der Waals surface area contributed by atoms with Gasteiger partial charge in [0.05, 0.1) is 6.34 Å². The second-order valence-electron chi connectivity index (χ2n) is 2.45. The third-order valence-corrected chi connectivity index (χ3v) is 1.93. The molecule has 0 radical (unpaired) electrons. The first-order valence-electron chi connectivity index (χ1n) is 3.33. The van der Waals surface area contributed by atoms with Crippen LogP contribution in [-0.4, -0.2) is 29.6 Å². The van der Waals surface area contributed by atoms with Gasteiger partial charge in [0.25, 0.3) is 0 Å². The summed E-state index contributed by atoms with van der Waals surface area (Å²) in [6.07, 6.45) is 1.59. The quantitative estimate of drug-likeness (QED) is 0.562. The van der Waals surface area contributed by atoms with E-state index in [0.29, 0.717) is 11.0 Å². The number of rotatable bonds is 0. The van der Waals surface area contributed by atoms with Crippen LogP contribution in [0.3, 0.4) is 0 Å². The van der Waals surface area contributed by atoms with Crippen LogP contribution in [0.2, 0.25) is 0 Å². The van der Waals surface area contributed by atoms with E-state index < -0.39 is 0 Å². The molecule has 2 atom stereocenters. The maximum atomic E-state index is 5.83. The molecule has 2 heterocycles. The highest BCUT2D eigenvalue weighted by Crippen LogP contribution is 2.15. The highest BCUT2D eigenvalue weighted by atomic mass is 35.5. The molecule has 0 aromatic heterocycles. The Hall–Kier alpha value is -0.900. The van der Waals surface area contributed by atoms with E-state index in [4.69, 9.17) is 11.6 Å². The van der Waals surface area contributed by atoms with Crippen LogP contribution >= 0.6 is 11.6 Å².